The second kappa shape index (κ2) is 12.5. The minimum Gasteiger partial charge on any atom is -0.849 e. The SMILES string of the molecule is COC[C@H]1O[C@@H](n2cc(C=NNc3nc(NN)nc(NCCC[Si]([O-])([O-])OC)n3)c3ccccc32)CC1O. The fourth-order valence-corrected chi connectivity index (χ4v) is 4.92. The van der Waals surface area contributed by atoms with Gasteiger partial charge in [0.2, 0.25) is 17.8 Å². The minimum atomic E-state index is -4.12. The molecule has 1 saturated heterocycles. The maximum atomic E-state index is 11.5. The van der Waals surface area contributed by atoms with Crippen LogP contribution in [0.25, 0.3) is 10.9 Å². The van der Waals surface area contributed by atoms with Crippen LogP contribution in [0.4, 0.5) is 17.8 Å². The number of benzene rings is 1. The molecule has 1 aliphatic rings. The molecule has 0 aliphatic carbocycles. The molecule has 3 atom stereocenters. The molecule has 0 saturated carbocycles. The molecule has 6 N–H and O–H groups in total. The number of methoxy groups -OCH3 is 1. The van der Waals surface area contributed by atoms with Crippen LogP contribution in [0.5, 0.6) is 0 Å². The number of nitrogens with zero attached hydrogens (tertiary/aromatic N) is 5. The molecule has 1 unspecified atom stereocenters. The lowest BCUT2D eigenvalue weighted by Crippen LogP contribution is -2.64. The molecule has 3 heterocycles. The molecule has 2 aromatic heterocycles. The molecule has 0 radical (unpaired) electrons. The summed E-state index contributed by atoms with van der Waals surface area (Å²) in [6, 6.07) is 7.71. The highest BCUT2D eigenvalue weighted by Crippen LogP contribution is 2.33. The number of fused-ring (bicyclic) bond motifs is 1. The molecule has 16 heteroatoms. The zero-order chi connectivity index (χ0) is 27.1. The van der Waals surface area contributed by atoms with Crippen LogP contribution in [0.1, 0.15) is 24.6 Å². The molecule has 15 nitrogen and oxygen atoms in total. The number of nitrogen functional groups attached to an aromatic ring is 1. The second-order valence-corrected chi connectivity index (χ2v) is 10.9. The number of aromatic nitrogens is 4. The molecule has 4 rings (SSSR count). The van der Waals surface area contributed by atoms with Crippen LogP contribution >= 0.6 is 0 Å². The van der Waals surface area contributed by atoms with Gasteiger partial charge < -0.3 is 38.5 Å². The van der Waals surface area contributed by atoms with Crippen molar-refractivity contribution >= 4 is 43.8 Å². The van der Waals surface area contributed by atoms with Gasteiger partial charge in [0.25, 0.3) is 0 Å². The standard InChI is InChI=1S/C22H31N9O6Si/c1-35-13-18-17(32)10-19(37-18)31-12-14(15-6-3-4-7-16(15)31)11-25-30-22-27-20(26-21(28-22)29-23)24-8-5-9-38(33,34)36-2/h3-4,6-7,11-12,17-19,32H,5,8-10,13,23H2,1-2H3,(H3,24,26,27,28,29,30)/q-2/t17?,18-,19-/m1/s1. The number of hydrogen-bond acceptors (Lipinski definition) is 14. The molecule has 0 amide bonds. The third kappa shape index (κ3) is 6.80. The van der Waals surface area contributed by atoms with E-state index in [2.05, 4.69) is 40.6 Å². The molecule has 1 aromatic carbocycles. The summed E-state index contributed by atoms with van der Waals surface area (Å²) in [5.74, 6) is 5.87. The van der Waals surface area contributed by atoms with E-state index in [1.165, 1.54) is 0 Å². The molecule has 38 heavy (non-hydrogen) atoms. The first kappa shape index (κ1) is 27.8. The van der Waals surface area contributed by atoms with Gasteiger partial charge in [-0.15, -0.1) is 0 Å². The van der Waals surface area contributed by atoms with Crippen LogP contribution in [-0.2, 0) is 13.9 Å². The van der Waals surface area contributed by atoms with Crippen LogP contribution in [0.3, 0.4) is 0 Å². The first-order chi connectivity index (χ1) is 18.3. The van der Waals surface area contributed by atoms with E-state index >= 15 is 0 Å². The smallest absolute Gasteiger partial charge is 0.250 e. The summed E-state index contributed by atoms with van der Waals surface area (Å²) in [7, 11) is -1.40. The van der Waals surface area contributed by atoms with Crippen molar-refractivity contribution in [2.24, 2.45) is 10.9 Å². The molecule has 0 spiro atoms. The Bertz CT molecular complexity index is 1240. The van der Waals surface area contributed by atoms with E-state index in [0.717, 1.165) is 23.6 Å². The van der Waals surface area contributed by atoms with Crippen molar-refractivity contribution in [3.05, 3.63) is 36.0 Å². The zero-order valence-electron chi connectivity index (χ0n) is 21.0. The number of hydrazine groups is 1. The summed E-state index contributed by atoms with van der Waals surface area (Å²) in [4.78, 5) is 35.5. The highest BCUT2D eigenvalue weighted by molar-refractivity contribution is 6.53. The van der Waals surface area contributed by atoms with E-state index in [0.29, 0.717) is 26.0 Å². The normalized spacial score (nSPS) is 19.9. The lowest BCUT2D eigenvalue weighted by atomic mass is 10.2. The van der Waals surface area contributed by atoms with E-state index < -0.39 is 21.0 Å². The van der Waals surface area contributed by atoms with Crippen molar-refractivity contribution in [2.45, 2.75) is 37.3 Å². The number of ether oxygens (including phenoxy) is 2. The zero-order valence-corrected chi connectivity index (χ0v) is 22.0. The summed E-state index contributed by atoms with van der Waals surface area (Å²) in [5.41, 5.74) is 6.87. The Labute approximate surface area is 220 Å². The third-order valence-electron chi connectivity index (χ3n) is 6.00. The quantitative estimate of drug-likeness (QED) is 0.0571. The molecule has 1 aliphatic heterocycles. The maximum Gasteiger partial charge on any atom is 0.250 e. The first-order valence-electron chi connectivity index (χ1n) is 12.0. The van der Waals surface area contributed by atoms with E-state index in [1.54, 1.807) is 13.3 Å². The van der Waals surface area contributed by atoms with Crippen molar-refractivity contribution in [3.8, 4) is 0 Å². The van der Waals surface area contributed by atoms with Crippen LogP contribution in [0, 0.1) is 0 Å². The number of aliphatic hydroxyl groups excluding tert-OH is 1. The van der Waals surface area contributed by atoms with Gasteiger partial charge in [-0.1, -0.05) is 24.2 Å². The van der Waals surface area contributed by atoms with Crippen molar-refractivity contribution in [1.29, 1.82) is 0 Å². The van der Waals surface area contributed by atoms with Crippen molar-refractivity contribution in [2.75, 3.05) is 43.5 Å². The number of hydrogen-bond donors (Lipinski definition) is 5. The molecular weight excluding hydrogens is 514 g/mol. The van der Waals surface area contributed by atoms with Gasteiger partial charge in [-0.2, -0.15) is 20.1 Å². The Kier molecular flexibility index (Phi) is 9.18. The van der Waals surface area contributed by atoms with Gasteiger partial charge in [0.1, 0.15) is 12.3 Å². The third-order valence-corrected chi connectivity index (χ3v) is 7.59. The van der Waals surface area contributed by atoms with Crippen molar-refractivity contribution in [1.82, 2.24) is 19.5 Å². The van der Waals surface area contributed by atoms with Gasteiger partial charge in [0, 0.05) is 44.3 Å². The number of nitrogens with one attached hydrogen (secondary N) is 3. The molecular formula is C22H31N9O6Si-2. The van der Waals surface area contributed by atoms with Gasteiger partial charge in [-0.3, -0.25) is 5.43 Å². The number of hydrazone groups is 1. The highest BCUT2D eigenvalue weighted by Gasteiger charge is 2.35. The Morgan fingerprint density at radius 2 is 2.00 bits per heavy atom. The van der Waals surface area contributed by atoms with Crippen LogP contribution < -0.4 is 31.6 Å². The summed E-state index contributed by atoms with van der Waals surface area (Å²) < 4.78 is 17.6. The Hall–Kier alpha value is -3.22. The predicted octanol–water partition coefficient (Wildman–Crippen LogP) is -1.04. The fraction of sp³-hybridized carbons (Fsp3) is 0.455. The average molecular weight is 546 g/mol. The lowest BCUT2D eigenvalue weighted by Gasteiger charge is -2.44. The lowest BCUT2D eigenvalue weighted by molar-refractivity contribution is -0.404. The summed E-state index contributed by atoms with van der Waals surface area (Å²) in [6.45, 7) is 0.604. The van der Waals surface area contributed by atoms with Gasteiger partial charge in [0.15, 0.2) is 0 Å². The van der Waals surface area contributed by atoms with Crippen LogP contribution in [0.2, 0.25) is 6.04 Å². The number of para-hydroxylation sites is 1. The van der Waals surface area contributed by atoms with Gasteiger partial charge in [-0.05, 0) is 21.3 Å². The van der Waals surface area contributed by atoms with Gasteiger partial charge in [0.05, 0.1) is 24.4 Å². The largest absolute Gasteiger partial charge is 0.849 e. The van der Waals surface area contributed by atoms with Crippen molar-refractivity contribution < 1.29 is 28.6 Å². The summed E-state index contributed by atoms with van der Waals surface area (Å²) in [5, 5.41) is 18.5. The maximum absolute atomic E-state index is 11.5. The van der Waals surface area contributed by atoms with Gasteiger partial charge in [-0.25, -0.2) is 11.3 Å². The number of nitrogens with two attached hydrogens (primary N) is 1. The molecule has 3 aromatic rings. The van der Waals surface area contributed by atoms with Gasteiger partial charge >= 0.3 is 0 Å². The van der Waals surface area contributed by atoms with Crippen LogP contribution in [0.15, 0.2) is 35.6 Å². The Balaban J connectivity index is 1.46. The number of anilines is 3. The second-order valence-electron chi connectivity index (χ2n) is 8.63. The fourth-order valence-electron chi connectivity index (χ4n) is 4.11. The van der Waals surface area contributed by atoms with E-state index in [-0.39, 0.29) is 30.1 Å². The summed E-state index contributed by atoms with van der Waals surface area (Å²) in [6.07, 6.45) is 2.92. The van der Waals surface area contributed by atoms with E-state index in [4.69, 9.17) is 15.3 Å². The molecule has 1 fully saturated rings. The predicted molar refractivity (Wildman–Crippen MR) is 138 cm³/mol. The number of aliphatic hydroxyl groups is 1. The Morgan fingerprint density at radius 3 is 2.76 bits per heavy atom. The highest BCUT2D eigenvalue weighted by atomic mass is 28.4. The van der Waals surface area contributed by atoms with E-state index in [9.17, 15) is 14.7 Å². The topological polar surface area (TPSA) is 212 Å². The average Bonchev–Trinajstić information content (AvgIpc) is 3.47. The first-order valence-corrected chi connectivity index (χ1v) is 13.9. The summed E-state index contributed by atoms with van der Waals surface area (Å²) >= 11 is 0. The minimum absolute atomic E-state index is 0.0904. The molecule has 206 valence electrons. The molecule has 0 bridgehead atoms. The Morgan fingerprint density at radius 1 is 1.24 bits per heavy atom. The van der Waals surface area contributed by atoms with Crippen LogP contribution in [-0.4, -0.2) is 79.2 Å². The van der Waals surface area contributed by atoms with Crippen molar-refractivity contribution in [3.63, 3.8) is 0 Å². The van der Waals surface area contributed by atoms with E-state index in [1.807, 2.05) is 35.0 Å². The monoisotopic (exact) mass is 545 g/mol. The number of rotatable bonds is 13.